The van der Waals surface area contributed by atoms with Crippen LogP contribution in [0.3, 0.4) is 0 Å². The second-order valence-corrected chi connectivity index (χ2v) is 5.86. The van der Waals surface area contributed by atoms with Crippen molar-refractivity contribution in [1.82, 2.24) is 15.1 Å². The van der Waals surface area contributed by atoms with Gasteiger partial charge in [0.05, 0.1) is 5.56 Å². The van der Waals surface area contributed by atoms with Gasteiger partial charge in [-0.25, -0.2) is 4.98 Å². The van der Waals surface area contributed by atoms with E-state index in [1.807, 2.05) is 31.2 Å². The molecule has 1 unspecified atom stereocenters. The molecule has 3 rings (SSSR count). The largest absolute Gasteiger partial charge is 0.396 e. The number of hydrogen-bond donors (Lipinski definition) is 2. The molecule has 0 amide bonds. The maximum Gasteiger partial charge on any atom is 0.259 e. The molecule has 7 heteroatoms. The van der Waals surface area contributed by atoms with Crippen LogP contribution in [0.25, 0.3) is 22.8 Å². The molecule has 124 valence electrons. The lowest BCUT2D eigenvalue weighted by Crippen LogP contribution is -2.17. The van der Waals surface area contributed by atoms with E-state index < -0.39 is 0 Å². The Morgan fingerprint density at radius 1 is 1.25 bits per heavy atom. The smallest absolute Gasteiger partial charge is 0.259 e. The van der Waals surface area contributed by atoms with Crippen LogP contribution < -0.4 is 5.32 Å². The number of anilines is 1. The van der Waals surface area contributed by atoms with E-state index in [1.165, 1.54) is 0 Å². The van der Waals surface area contributed by atoms with Crippen molar-refractivity contribution >= 4 is 17.4 Å². The Bertz CT molecular complexity index is 804. The Balaban J connectivity index is 1.75. The normalized spacial score (nSPS) is 12.1. The Labute approximate surface area is 144 Å². The standard InChI is InChI=1S/C17H17ClN4O2/c1-11(7-8-23)20-15-6-5-13(10-19-15)17-21-16(22-24-17)12-3-2-4-14(18)9-12/h2-6,9-11,23H,7-8H2,1H3,(H,19,20). The molecular weight excluding hydrogens is 328 g/mol. The van der Waals surface area contributed by atoms with E-state index in [0.29, 0.717) is 23.2 Å². The van der Waals surface area contributed by atoms with Crippen LogP contribution in [-0.2, 0) is 0 Å². The van der Waals surface area contributed by atoms with Crippen LogP contribution in [0.1, 0.15) is 13.3 Å². The molecule has 3 aromatic rings. The molecule has 0 spiro atoms. The lowest BCUT2D eigenvalue weighted by molar-refractivity contribution is 0.282. The van der Waals surface area contributed by atoms with E-state index >= 15 is 0 Å². The summed E-state index contributed by atoms with van der Waals surface area (Å²) in [6, 6.07) is 11.1. The molecule has 0 aliphatic carbocycles. The van der Waals surface area contributed by atoms with Gasteiger partial charge in [-0.05, 0) is 37.6 Å². The molecule has 24 heavy (non-hydrogen) atoms. The van der Waals surface area contributed by atoms with Crippen molar-refractivity contribution in [2.24, 2.45) is 0 Å². The van der Waals surface area contributed by atoms with Crippen molar-refractivity contribution in [2.75, 3.05) is 11.9 Å². The molecule has 1 atom stereocenters. The quantitative estimate of drug-likeness (QED) is 0.710. The predicted octanol–water partition coefficient (Wildman–Crippen LogP) is 3.63. The van der Waals surface area contributed by atoms with Crippen molar-refractivity contribution in [2.45, 2.75) is 19.4 Å². The topological polar surface area (TPSA) is 84.1 Å². The molecule has 0 saturated heterocycles. The van der Waals surface area contributed by atoms with E-state index in [1.54, 1.807) is 18.3 Å². The summed E-state index contributed by atoms with van der Waals surface area (Å²) in [5.74, 6) is 1.60. The molecule has 2 aromatic heterocycles. The van der Waals surface area contributed by atoms with Crippen LogP contribution in [0.15, 0.2) is 47.1 Å². The van der Waals surface area contributed by atoms with Gasteiger partial charge in [-0.15, -0.1) is 0 Å². The average Bonchev–Trinajstić information content (AvgIpc) is 3.06. The van der Waals surface area contributed by atoms with Gasteiger partial charge in [-0.2, -0.15) is 4.98 Å². The van der Waals surface area contributed by atoms with E-state index in [0.717, 1.165) is 16.9 Å². The number of pyridine rings is 1. The lowest BCUT2D eigenvalue weighted by atomic mass is 10.2. The Morgan fingerprint density at radius 2 is 2.12 bits per heavy atom. The lowest BCUT2D eigenvalue weighted by Gasteiger charge is -2.12. The zero-order chi connectivity index (χ0) is 16.9. The summed E-state index contributed by atoms with van der Waals surface area (Å²) in [7, 11) is 0. The van der Waals surface area contributed by atoms with Crippen molar-refractivity contribution in [3.63, 3.8) is 0 Å². The van der Waals surface area contributed by atoms with Crippen LogP contribution >= 0.6 is 11.6 Å². The van der Waals surface area contributed by atoms with Gasteiger partial charge in [0.15, 0.2) is 0 Å². The first-order valence-corrected chi connectivity index (χ1v) is 7.97. The SMILES string of the molecule is CC(CCO)Nc1ccc(-c2nc(-c3cccc(Cl)c3)no2)cn1. The predicted molar refractivity (Wildman–Crippen MR) is 92.8 cm³/mol. The third-order valence-corrected chi connectivity index (χ3v) is 3.71. The van der Waals surface area contributed by atoms with Gasteiger partial charge in [0.25, 0.3) is 5.89 Å². The van der Waals surface area contributed by atoms with Gasteiger partial charge < -0.3 is 14.9 Å². The zero-order valence-corrected chi connectivity index (χ0v) is 13.9. The summed E-state index contributed by atoms with van der Waals surface area (Å²) in [6.07, 6.45) is 2.33. The number of nitrogens with zero attached hydrogens (tertiary/aromatic N) is 3. The maximum absolute atomic E-state index is 8.92. The fourth-order valence-electron chi connectivity index (χ4n) is 2.21. The number of hydrogen-bond acceptors (Lipinski definition) is 6. The second kappa shape index (κ2) is 7.42. The Hall–Kier alpha value is -2.44. The van der Waals surface area contributed by atoms with Crippen molar-refractivity contribution in [1.29, 1.82) is 0 Å². The highest BCUT2D eigenvalue weighted by molar-refractivity contribution is 6.30. The van der Waals surface area contributed by atoms with Crippen molar-refractivity contribution in [3.05, 3.63) is 47.6 Å². The van der Waals surface area contributed by atoms with Crippen LogP contribution in [-0.4, -0.2) is 32.9 Å². The minimum absolute atomic E-state index is 0.139. The molecule has 1 aromatic carbocycles. The number of benzene rings is 1. The third-order valence-electron chi connectivity index (χ3n) is 3.48. The van der Waals surface area contributed by atoms with E-state index in [9.17, 15) is 0 Å². The maximum atomic E-state index is 8.92. The van der Waals surface area contributed by atoms with Gasteiger partial charge in [0.1, 0.15) is 5.82 Å². The van der Waals surface area contributed by atoms with Crippen molar-refractivity contribution < 1.29 is 9.63 Å². The number of rotatable bonds is 6. The molecule has 0 fully saturated rings. The van der Waals surface area contributed by atoms with Gasteiger partial charge in [0.2, 0.25) is 5.82 Å². The molecule has 0 saturated carbocycles. The molecule has 0 aliphatic rings. The number of aliphatic hydroxyl groups is 1. The minimum Gasteiger partial charge on any atom is -0.396 e. The van der Waals surface area contributed by atoms with E-state index in [2.05, 4.69) is 20.4 Å². The van der Waals surface area contributed by atoms with Gasteiger partial charge in [-0.3, -0.25) is 0 Å². The summed E-state index contributed by atoms with van der Waals surface area (Å²) >= 11 is 5.98. The molecule has 0 bridgehead atoms. The molecule has 6 nitrogen and oxygen atoms in total. The van der Waals surface area contributed by atoms with Crippen LogP contribution in [0.2, 0.25) is 5.02 Å². The Morgan fingerprint density at radius 3 is 2.83 bits per heavy atom. The number of aromatic nitrogens is 3. The zero-order valence-electron chi connectivity index (χ0n) is 13.1. The average molecular weight is 345 g/mol. The first kappa shape index (κ1) is 16.4. The summed E-state index contributed by atoms with van der Waals surface area (Å²) in [4.78, 5) is 8.71. The fourth-order valence-corrected chi connectivity index (χ4v) is 2.40. The van der Waals surface area contributed by atoms with E-state index in [-0.39, 0.29) is 12.6 Å². The van der Waals surface area contributed by atoms with Crippen LogP contribution in [0.5, 0.6) is 0 Å². The Kier molecular flexibility index (Phi) is 5.08. The summed E-state index contributed by atoms with van der Waals surface area (Å²) in [5.41, 5.74) is 1.53. The second-order valence-electron chi connectivity index (χ2n) is 5.42. The minimum atomic E-state index is 0.139. The number of aliphatic hydroxyl groups excluding tert-OH is 1. The molecule has 0 radical (unpaired) electrons. The highest BCUT2D eigenvalue weighted by Crippen LogP contribution is 2.24. The number of nitrogens with one attached hydrogen (secondary N) is 1. The van der Waals surface area contributed by atoms with E-state index in [4.69, 9.17) is 21.2 Å². The molecular formula is C17H17ClN4O2. The highest BCUT2D eigenvalue weighted by Gasteiger charge is 2.11. The monoisotopic (exact) mass is 344 g/mol. The molecule has 2 N–H and O–H groups in total. The van der Waals surface area contributed by atoms with Gasteiger partial charge >= 0.3 is 0 Å². The molecule has 2 heterocycles. The summed E-state index contributed by atoms with van der Waals surface area (Å²) in [6.45, 7) is 2.13. The van der Waals surface area contributed by atoms with Crippen LogP contribution in [0.4, 0.5) is 5.82 Å². The fraction of sp³-hybridized carbons (Fsp3) is 0.235. The first-order chi connectivity index (χ1) is 11.7. The molecule has 0 aliphatic heterocycles. The van der Waals surface area contributed by atoms with Gasteiger partial charge in [-0.1, -0.05) is 28.9 Å². The van der Waals surface area contributed by atoms with Crippen molar-refractivity contribution in [3.8, 4) is 22.8 Å². The highest BCUT2D eigenvalue weighted by atomic mass is 35.5. The third kappa shape index (κ3) is 3.90. The number of halogens is 1. The summed E-state index contributed by atoms with van der Waals surface area (Å²) in [5, 5.41) is 16.7. The van der Waals surface area contributed by atoms with Crippen LogP contribution in [0, 0.1) is 0 Å². The first-order valence-electron chi connectivity index (χ1n) is 7.59. The summed E-state index contributed by atoms with van der Waals surface area (Å²) < 4.78 is 5.31. The van der Waals surface area contributed by atoms with Gasteiger partial charge in [0, 0.05) is 29.4 Å².